The van der Waals surface area contributed by atoms with Crippen LogP contribution in [0.25, 0.3) is 11.1 Å². The molecule has 1 saturated heterocycles. The highest BCUT2D eigenvalue weighted by atomic mass is 32.2. The molecule has 2 aromatic rings. The summed E-state index contributed by atoms with van der Waals surface area (Å²) < 4.78 is 56.4. The number of aromatic nitrogens is 2. The number of carbonyl (C=O) groups is 1. The monoisotopic (exact) mass is 395 g/mol. The molecule has 4 rings (SSSR count). The zero-order valence-electron chi connectivity index (χ0n) is 13.5. The molecular formula is C15H11F2N5O4S. The van der Waals surface area contributed by atoms with Gasteiger partial charge in [0, 0.05) is 11.8 Å². The van der Waals surface area contributed by atoms with E-state index in [1.807, 2.05) is 6.07 Å². The van der Waals surface area contributed by atoms with Crippen LogP contribution >= 0.6 is 0 Å². The van der Waals surface area contributed by atoms with Crippen LogP contribution in [0, 0.1) is 23.1 Å². The van der Waals surface area contributed by atoms with E-state index in [0.29, 0.717) is 17.1 Å². The molecule has 12 heteroatoms. The molecule has 1 aromatic heterocycles. The molecule has 2 heterocycles. The summed E-state index contributed by atoms with van der Waals surface area (Å²) in [6.07, 6.45) is 2.12. The zero-order chi connectivity index (χ0) is 19.6. The molecule has 0 atom stereocenters. The van der Waals surface area contributed by atoms with Crippen molar-refractivity contribution in [1.29, 1.82) is 5.26 Å². The number of nitrogens with one attached hydrogen (secondary N) is 1. The third-order valence-electron chi connectivity index (χ3n) is 4.49. The molecule has 9 nitrogen and oxygen atoms in total. The first kappa shape index (κ1) is 17.2. The van der Waals surface area contributed by atoms with Gasteiger partial charge in [-0.3, -0.25) is 4.79 Å². The van der Waals surface area contributed by atoms with E-state index in [-0.39, 0.29) is 11.1 Å². The van der Waals surface area contributed by atoms with Crippen molar-refractivity contribution in [2.75, 3.05) is 10.8 Å². The Bertz CT molecular complexity index is 1130. The lowest BCUT2D eigenvalue weighted by Crippen LogP contribution is -2.30. The summed E-state index contributed by atoms with van der Waals surface area (Å²) >= 11 is 0. The number of anilines is 1. The lowest BCUT2D eigenvalue weighted by atomic mass is 10.1. The molecule has 2 aliphatic rings. The minimum Gasteiger partial charge on any atom is -0.506 e. The van der Waals surface area contributed by atoms with Gasteiger partial charge in [-0.25, -0.2) is 18.1 Å². The molecule has 1 amide bonds. The second-order valence-electron chi connectivity index (χ2n) is 6.25. The summed E-state index contributed by atoms with van der Waals surface area (Å²) in [6, 6.07) is 4.07. The van der Waals surface area contributed by atoms with Crippen molar-refractivity contribution in [3.8, 4) is 22.9 Å². The molecule has 27 heavy (non-hydrogen) atoms. The minimum atomic E-state index is -4.38. The first-order valence-corrected chi connectivity index (χ1v) is 9.14. The molecule has 0 radical (unpaired) electrons. The average Bonchev–Trinajstić information content (AvgIpc) is 3.23. The Morgan fingerprint density at radius 1 is 1.30 bits per heavy atom. The van der Waals surface area contributed by atoms with Crippen molar-refractivity contribution in [2.45, 2.75) is 18.4 Å². The van der Waals surface area contributed by atoms with E-state index < -0.39 is 51.4 Å². The highest BCUT2D eigenvalue weighted by Gasteiger charge is 2.47. The molecule has 0 unspecified atom stereocenters. The van der Waals surface area contributed by atoms with Crippen LogP contribution < -0.4 is 9.03 Å². The average molecular weight is 395 g/mol. The van der Waals surface area contributed by atoms with Gasteiger partial charge in [-0.05, 0) is 25.0 Å². The first-order chi connectivity index (χ1) is 12.7. The zero-order valence-corrected chi connectivity index (χ0v) is 14.3. The van der Waals surface area contributed by atoms with Crippen LogP contribution in [-0.4, -0.2) is 35.8 Å². The van der Waals surface area contributed by atoms with Crippen molar-refractivity contribution < 1.29 is 27.1 Å². The van der Waals surface area contributed by atoms with Crippen LogP contribution in [-0.2, 0) is 20.5 Å². The topological polar surface area (TPSA) is 128 Å². The van der Waals surface area contributed by atoms with Crippen LogP contribution in [0.15, 0.2) is 18.3 Å². The number of carbonyl (C=O) groups excluding carboxylic acids is 1. The highest BCUT2D eigenvalue weighted by Crippen LogP contribution is 2.44. The summed E-state index contributed by atoms with van der Waals surface area (Å²) in [5.74, 6) is -3.93. The molecule has 1 aliphatic heterocycles. The van der Waals surface area contributed by atoms with Crippen molar-refractivity contribution >= 4 is 21.8 Å². The van der Waals surface area contributed by atoms with Crippen LogP contribution in [0.2, 0.25) is 0 Å². The molecule has 140 valence electrons. The van der Waals surface area contributed by atoms with Gasteiger partial charge in [0.15, 0.2) is 5.82 Å². The Hall–Kier alpha value is -3.20. The second kappa shape index (κ2) is 5.40. The van der Waals surface area contributed by atoms with Gasteiger partial charge in [0.25, 0.3) is 5.91 Å². The molecule has 1 aromatic carbocycles. The Balaban J connectivity index is 1.85. The Labute approximate surface area is 151 Å². The predicted octanol–water partition coefficient (Wildman–Crippen LogP) is 0.728. The van der Waals surface area contributed by atoms with Crippen molar-refractivity contribution in [1.82, 2.24) is 14.5 Å². The fraction of sp³-hybridized carbons (Fsp3) is 0.267. The Morgan fingerprint density at radius 2 is 2.00 bits per heavy atom. The molecular weight excluding hydrogens is 384 g/mol. The number of phenols is 1. The molecule has 0 bridgehead atoms. The van der Waals surface area contributed by atoms with E-state index in [4.69, 9.17) is 0 Å². The maximum absolute atomic E-state index is 15.1. The predicted molar refractivity (Wildman–Crippen MR) is 86.5 cm³/mol. The summed E-state index contributed by atoms with van der Waals surface area (Å²) in [6.45, 7) is -0.727. The van der Waals surface area contributed by atoms with E-state index in [2.05, 4.69) is 5.10 Å². The quantitative estimate of drug-likeness (QED) is 0.788. The van der Waals surface area contributed by atoms with Crippen LogP contribution in [0.3, 0.4) is 0 Å². The highest BCUT2D eigenvalue weighted by molar-refractivity contribution is 7.92. The number of rotatable bonds is 3. The number of halogens is 2. The van der Waals surface area contributed by atoms with Gasteiger partial charge in [-0.2, -0.15) is 18.1 Å². The SMILES string of the molecule is N#CC1(n2cc(-c3ccc(O)c(N4CC(=O)NS4(=O)=O)c3F)c(F)n2)CC1. The number of phenolic OH excluding ortho intramolecular Hbond substituents is 1. The molecule has 0 spiro atoms. The van der Waals surface area contributed by atoms with E-state index in [0.717, 1.165) is 23.0 Å². The van der Waals surface area contributed by atoms with Gasteiger partial charge in [0.1, 0.15) is 23.5 Å². The fourth-order valence-corrected chi connectivity index (χ4v) is 4.07. The molecule has 1 aliphatic carbocycles. The maximum atomic E-state index is 15.1. The molecule has 2 N–H and O–H groups in total. The normalized spacial score (nSPS) is 19.6. The van der Waals surface area contributed by atoms with Gasteiger partial charge in [0.2, 0.25) is 5.95 Å². The van der Waals surface area contributed by atoms with Crippen molar-refractivity contribution in [3.63, 3.8) is 0 Å². The smallest absolute Gasteiger partial charge is 0.326 e. The van der Waals surface area contributed by atoms with Gasteiger partial charge >= 0.3 is 10.2 Å². The number of nitrogens with zero attached hydrogens (tertiary/aromatic N) is 4. The lowest BCUT2D eigenvalue weighted by Gasteiger charge is -2.18. The van der Waals surface area contributed by atoms with E-state index in [1.165, 1.54) is 0 Å². The van der Waals surface area contributed by atoms with Gasteiger partial charge in [-0.1, -0.05) is 0 Å². The summed E-state index contributed by atoms with van der Waals surface area (Å²) in [5, 5.41) is 22.8. The first-order valence-electron chi connectivity index (χ1n) is 7.70. The standard InChI is InChI=1S/C15H11F2N5O4S/c16-12-8(9-5-22(19-14(9)17)15(7-18)3-4-15)1-2-10(23)13(12)21-6-11(24)20-27(21,25)26/h1-2,5,23H,3-4,6H2,(H,20,24). The van der Waals surface area contributed by atoms with Gasteiger partial charge in [-0.15, -0.1) is 5.10 Å². The summed E-state index contributed by atoms with van der Waals surface area (Å²) in [7, 11) is -4.38. The van der Waals surface area contributed by atoms with Crippen LogP contribution in [0.4, 0.5) is 14.5 Å². The van der Waals surface area contributed by atoms with Gasteiger partial charge < -0.3 is 5.11 Å². The van der Waals surface area contributed by atoms with E-state index in [1.54, 1.807) is 4.72 Å². The van der Waals surface area contributed by atoms with Crippen molar-refractivity contribution in [2.24, 2.45) is 0 Å². The fourth-order valence-electron chi connectivity index (χ4n) is 2.91. The minimum absolute atomic E-state index is 0.300. The largest absolute Gasteiger partial charge is 0.506 e. The number of benzene rings is 1. The third-order valence-corrected chi connectivity index (χ3v) is 5.87. The number of hydrogen-bond donors (Lipinski definition) is 2. The van der Waals surface area contributed by atoms with Crippen LogP contribution in [0.5, 0.6) is 5.75 Å². The number of amides is 1. The number of aromatic hydroxyl groups is 1. The second-order valence-corrected chi connectivity index (χ2v) is 7.85. The summed E-state index contributed by atoms with van der Waals surface area (Å²) in [4.78, 5) is 11.4. The van der Waals surface area contributed by atoms with Crippen molar-refractivity contribution in [3.05, 3.63) is 30.1 Å². The van der Waals surface area contributed by atoms with E-state index in [9.17, 15) is 28.0 Å². The van der Waals surface area contributed by atoms with E-state index >= 15 is 4.39 Å². The number of hydrogen-bond acceptors (Lipinski definition) is 6. The summed E-state index contributed by atoms with van der Waals surface area (Å²) in [5.41, 5.74) is -2.41. The van der Waals surface area contributed by atoms with Crippen LogP contribution in [0.1, 0.15) is 12.8 Å². The Morgan fingerprint density at radius 3 is 2.56 bits per heavy atom. The molecule has 1 saturated carbocycles. The lowest BCUT2D eigenvalue weighted by molar-refractivity contribution is -0.117. The molecule has 2 fully saturated rings. The maximum Gasteiger partial charge on any atom is 0.326 e. The third kappa shape index (κ3) is 2.50. The number of nitriles is 1. The Kier molecular flexibility index (Phi) is 3.44. The van der Waals surface area contributed by atoms with Gasteiger partial charge in [0.05, 0.1) is 11.6 Å².